The first kappa shape index (κ1) is 16.4. The summed E-state index contributed by atoms with van der Waals surface area (Å²) in [7, 11) is 4.02. The van der Waals surface area contributed by atoms with Crippen molar-refractivity contribution >= 4 is 5.91 Å². The van der Waals surface area contributed by atoms with Crippen LogP contribution in [0.1, 0.15) is 48.0 Å². The second-order valence-corrected chi connectivity index (χ2v) is 6.92. The summed E-state index contributed by atoms with van der Waals surface area (Å²) in [5.41, 5.74) is -0.0721. The molecule has 0 aromatic rings. The lowest BCUT2D eigenvalue weighted by atomic mass is 9.95. The number of rotatable bonds is 4. The highest BCUT2D eigenvalue weighted by atomic mass is 16.2. The summed E-state index contributed by atoms with van der Waals surface area (Å²) in [6, 6.07) is 0. The van der Waals surface area contributed by atoms with Crippen molar-refractivity contribution < 1.29 is 4.79 Å². The van der Waals surface area contributed by atoms with Crippen molar-refractivity contribution in [3.05, 3.63) is 0 Å². The lowest BCUT2D eigenvalue weighted by Crippen LogP contribution is -2.41. The molecule has 0 aliphatic heterocycles. The van der Waals surface area contributed by atoms with Crippen molar-refractivity contribution in [2.75, 3.05) is 27.2 Å². The molecule has 0 fully saturated rings. The molecule has 0 bridgehead atoms. The van der Waals surface area contributed by atoms with E-state index in [1.165, 1.54) is 0 Å². The number of amides is 1. The van der Waals surface area contributed by atoms with E-state index >= 15 is 0 Å². The maximum Gasteiger partial charge on any atom is 0.227 e. The van der Waals surface area contributed by atoms with Crippen molar-refractivity contribution in [1.82, 2.24) is 9.80 Å². The predicted octanol–water partition coefficient (Wildman–Crippen LogP) is 2.61. The summed E-state index contributed by atoms with van der Waals surface area (Å²) < 4.78 is 0. The van der Waals surface area contributed by atoms with Crippen LogP contribution in [0.4, 0.5) is 0 Å². The highest BCUT2D eigenvalue weighted by molar-refractivity contribution is 5.81. The molecule has 0 aromatic heterocycles. The van der Waals surface area contributed by atoms with Crippen LogP contribution in [0.15, 0.2) is 0 Å². The van der Waals surface area contributed by atoms with E-state index in [0.29, 0.717) is 0 Å². The number of carbonyl (C=O) groups is 1. The third-order valence-electron chi connectivity index (χ3n) is 3.12. The lowest BCUT2D eigenvalue weighted by molar-refractivity contribution is -0.138. The van der Waals surface area contributed by atoms with Gasteiger partial charge in [-0.25, -0.2) is 0 Å². The van der Waals surface area contributed by atoms with Gasteiger partial charge in [-0.05, 0) is 34.2 Å². The van der Waals surface area contributed by atoms with Crippen LogP contribution in [0, 0.1) is 5.41 Å². The highest BCUT2D eigenvalue weighted by Gasteiger charge is 2.24. The molecule has 0 radical (unpaired) electrons. The monoisotopic (exact) mass is 242 g/mol. The van der Waals surface area contributed by atoms with Crippen LogP contribution in [0.2, 0.25) is 0 Å². The van der Waals surface area contributed by atoms with Gasteiger partial charge in [0.15, 0.2) is 0 Å². The van der Waals surface area contributed by atoms with E-state index < -0.39 is 0 Å². The Labute approximate surface area is 107 Å². The fraction of sp³-hybridized carbons (Fsp3) is 0.929. The van der Waals surface area contributed by atoms with Crippen molar-refractivity contribution in [1.29, 1.82) is 0 Å². The van der Waals surface area contributed by atoms with Crippen LogP contribution in [0.25, 0.3) is 0 Å². The van der Waals surface area contributed by atoms with Gasteiger partial charge in [-0.1, -0.05) is 20.8 Å². The number of hydrogen-bond donors (Lipinski definition) is 0. The topological polar surface area (TPSA) is 23.6 Å². The normalized spacial score (nSPS) is 13.0. The Morgan fingerprint density at radius 1 is 0.941 bits per heavy atom. The third kappa shape index (κ3) is 6.06. The molecule has 0 N–H and O–H groups in total. The molecule has 0 saturated heterocycles. The highest BCUT2D eigenvalue weighted by Crippen LogP contribution is 2.16. The molecule has 1 amide bonds. The van der Waals surface area contributed by atoms with E-state index in [1.54, 1.807) is 0 Å². The van der Waals surface area contributed by atoms with Gasteiger partial charge in [-0.3, -0.25) is 4.79 Å². The lowest BCUT2D eigenvalue weighted by Gasteiger charge is -2.33. The van der Waals surface area contributed by atoms with E-state index in [1.807, 2.05) is 32.7 Å². The molecule has 0 rings (SSSR count). The van der Waals surface area contributed by atoms with Crippen molar-refractivity contribution in [2.45, 2.75) is 53.5 Å². The van der Waals surface area contributed by atoms with Gasteiger partial charge < -0.3 is 9.80 Å². The van der Waals surface area contributed by atoms with Crippen LogP contribution >= 0.6 is 0 Å². The van der Waals surface area contributed by atoms with E-state index in [0.717, 1.165) is 19.5 Å². The first-order valence-electron chi connectivity index (χ1n) is 6.43. The fourth-order valence-electron chi connectivity index (χ4n) is 1.55. The third-order valence-corrected chi connectivity index (χ3v) is 3.12. The summed E-state index contributed by atoms with van der Waals surface area (Å²) in [5, 5.41) is 0. The van der Waals surface area contributed by atoms with Crippen LogP contribution in [-0.4, -0.2) is 48.4 Å². The Bertz CT molecular complexity index is 248. The molecule has 17 heavy (non-hydrogen) atoms. The molecule has 0 atom stereocenters. The Morgan fingerprint density at radius 3 is 1.76 bits per heavy atom. The van der Waals surface area contributed by atoms with Gasteiger partial charge in [0.05, 0.1) is 0 Å². The van der Waals surface area contributed by atoms with Gasteiger partial charge in [-0.2, -0.15) is 0 Å². The minimum atomic E-state index is -0.273. The molecule has 0 heterocycles. The predicted molar refractivity (Wildman–Crippen MR) is 74.1 cm³/mol. The SMILES string of the molecule is CN(CCCN(C)C(C)(C)C)C(=O)C(C)(C)C. The minimum Gasteiger partial charge on any atom is -0.345 e. The Morgan fingerprint density at radius 2 is 1.41 bits per heavy atom. The van der Waals surface area contributed by atoms with E-state index in [9.17, 15) is 4.79 Å². The van der Waals surface area contributed by atoms with Crippen molar-refractivity contribution in [3.63, 3.8) is 0 Å². The Hall–Kier alpha value is -0.570. The average molecular weight is 242 g/mol. The summed E-state index contributed by atoms with van der Waals surface area (Å²) in [6.45, 7) is 14.4. The standard InChI is InChI=1S/C14H30N2O/c1-13(2,3)12(17)15(7)10-9-11-16(8)14(4,5)6/h9-11H2,1-8H3. The molecule has 0 aromatic carbocycles. The zero-order valence-electron chi connectivity index (χ0n) is 12.9. The molecule has 3 nitrogen and oxygen atoms in total. The maximum absolute atomic E-state index is 11.9. The Kier molecular flexibility index (Phi) is 5.66. The fourth-order valence-corrected chi connectivity index (χ4v) is 1.55. The number of nitrogens with zero attached hydrogens (tertiary/aromatic N) is 2. The molecule has 102 valence electrons. The van der Waals surface area contributed by atoms with Gasteiger partial charge in [0, 0.05) is 31.1 Å². The molecule has 3 heteroatoms. The van der Waals surface area contributed by atoms with Gasteiger partial charge in [0.1, 0.15) is 0 Å². The quantitative estimate of drug-likeness (QED) is 0.756. The van der Waals surface area contributed by atoms with Gasteiger partial charge >= 0.3 is 0 Å². The van der Waals surface area contributed by atoms with E-state index in [2.05, 4.69) is 32.7 Å². The summed E-state index contributed by atoms with van der Waals surface area (Å²) in [4.78, 5) is 16.1. The molecular formula is C14H30N2O. The number of hydrogen-bond acceptors (Lipinski definition) is 2. The molecular weight excluding hydrogens is 212 g/mol. The second-order valence-electron chi connectivity index (χ2n) is 6.92. The van der Waals surface area contributed by atoms with Crippen LogP contribution < -0.4 is 0 Å². The molecule has 0 spiro atoms. The molecule has 0 aliphatic carbocycles. The summed E-state index contributed by atoms with van der Waals surface area (Å²) in [5.74, 6) is 0.218. The van der Waals surface area contributed by atoms with Crippen LogP contribution in [-0.2, 0) is 4.79 Å². The van der Waals surface area contributed by atoms with Gasteiger partial charge in [0.2, 0.25) is 5.91 Å². The first-order chi connectivity index (χ1) is 7.46. The van der Waals surface area contributed by atoms with Crippen LogP contribution in [0.5, 0.6) is 0 Å². The zero-order chi connectivity index (χ0) is 13.9. The zero-order valence-corrected chi connectivity index (χ0v) is 12.9. The molecule has 0 saturated carbocycles. The first-order valence-corrected chi connectivity index (χ1v) is 6.43. The van der Waals surface area contributed by atoms with Crippen molar-refractivity contribution in [3.8, 4) is 0 Å². The average Bonchev–Trinajstić information content (AvgIpc) is 2.13. The number of carbonyl (C=O) groups excluding carboxylic acids is 1. The van der Waals surface area contributed by atoms with Gasteiger partial charge in [0.25, 0.3) is 0 Å². The molecule has 0 unspecified atom stereocenters. The summed E-state index contributed by atoms with van der Waals surface area (Å²) in [6.07, 6.45) is 1.02. The molecule has 0 aliphatic rings. The van der Waals surface area contributed by atoms with E-state index in [-0.39, 0.29) is 16.9 Å². The smallest absolute Gasteiger partial charge is 0.227 e. The largest absolute Gasteiger partial charge is 0.345 e. The minimum absolute atomic E-state index is 0.201. The maximum atomic E-state index is 11.9. The van der Waals surface area contributed by atoms with Crippen molar-refractivity contribution in [2.24, 2.45) is 5.41 Å². The van der Waals surface area contributed by atoms with Crippen LogP contribution in [0.3, 0.4) is 0 Å². The van der Waals surface area contributed by atoms with E-state index in [4.69, 9.17) is 0 Å². The van der Waals surface area contributed by atoms with Gasteiger partial charge in [-0.15, -0.1) is 0 Å². The Balaban J connectivity index is 4.03. The second kappa shape index (κ2) is 5.85. The summed E-state index contributed by atoms with van der Waals surface area (Å²) >= 11 is 0.